The van der Waals surface area contributed by atoms with E-state index < -0.39 is 0 Å². The number of ketones is 1. The molecule has 0 aromatic heterocycles. The molecule has 0 spiro atoms. The first kappa shape index (κ1) is 11.8. The molecular formula is C14H17NO2. The molecule has 1 amide bonds. The Bertz CT molecular complexity index is 465. The number of Topliss-reactive ketones (excluding diaryl/α,β-unsaturated/α-hetero) is 1. The first-order valence-corrected chi connectivity index (χ1v) is 5.96. The Morgan fingerprint density at radius 3 is 2.76 bits per heavy atom. The Balaban J connectivity index is 2.25. The van der Waals surface area contributed by atoms with E-state index in [-0.39, 0.29) is 11.7 Å². The molecule has 1 atom stereocenters. The van der Waals surface area contributed by atoms with Crippen molar-refractivity contribution in [3.8, 4) is 0 Å². The van der Waals surface area contributed by atoms with Crippen molar-refractivity contribution in [1.82, 2.24) is 5.32 Å². The minimum Gasteiger partial charge on any atom is -0.356 e. The summed E-state index contributed by atoms with van der Waals surface area (Å²) in [6.45, 7) is 4.27. The molecule has 1 fully saturated rings. The van der Waals surface area contributed by atoms with E-state index in [9.17, 15) is 9.59 Å². The van der Waals surface area contributed by atoms with Crippen molar-refractivity contribution in [2.75, 3.05) is 6.54 Å². The Hall–Kier alpha value is -1.64. The molecular weight excluding hydrogens is 214 g/mol. The second kappa shape index (κ2) is 4.70. The van der Waals surface area contributed by atoms with E-state index in [0.29, 0.717) is 12.3 Å². The summed E-state index contributed by atoms with van der Waals surface area (Å²) in [5.41, 5.74) is 2.94. The molecule has 1 aliphatic heterocycles. The summed E-state index contributed by atoms with van der Waals surface area (Å²) in [5, 5.41) is 2.83. The third-order valence-electron chi connectivity index (χ3n) is 3.35. The van der Waals surface area contributed by atoms with Crippen LogP contribution in [0.25, 0.3) is 0 Å². The van der Waals surface area contributed by atoms with Crippen molar-refractivity contribution in [2.45, 2.75) is 32.6 Å². The van der Waals surface area contributed by atoms with Gasteiger partial charge < -0.3 is 5.32 Å². The number of nitrogens with one attached hydrogen (secondary N) is 1. The summed E-state index contributed by atoms with van der Waals surface area (Å²) < 4.78 is 0. The normalized spacial score (nSPS) is 19.9. The van der Waals surface area contributed by atoms with E-state index in [0.717, 1.165) is 24.1 Å². The van der Waals surface area contributed by atoms with Crippen molar-refractivity contribution >= 4 is 11.7 Å². The monoisotopic (exact) mass is 231 g/mol. The third kappa shape index (κ3) is 2.54. The number of rotatable bonds is 2. The molecule has 17 heavy (non-hydrogen) atoms. The van der Waals surface area contributed by atoms with Crippen LogP contribution in [0.5, 0.6) is 0 Å². The molecule has 0 saturated carbocycles. The zero-order valence-corrected chi connectivity index (χ0v) is 10.2. The van der Waals surface area contributed by atoms with Gasteiger partial charge in [0, 0.05) is 18.5 Å². The van der Waals surface area contributed by atoms with E-state index in [1.165, 1.54) is 5.56 Å². The van der Waals surface area contributed by atoms with Crippen LogP contribution in [0, 0.1) is 6.92 Å². The molecule has 2 rings (SSSR count). The molecule has 0 radical (unpaired) electrons. The van der Waals surface area contributed by atoms with Crippen molar-refractivity contribution in [3.63, 3.8) is 0 Å². The highest BCUT2D eigenvalue weighted by molar-refractivity contribution is 5.95. The van der Waals surface area contributed by atoms with Gasteiger partial charge in [-0.2, -0.15) is 0 Å². The van der Waals surface area contributed by atoms with Crippen LogP contribution >= 0.6 is 0 Å². The molecule has 1 aromatic rings. The van der Waals surface area contributed by atoms with Gasteiger partial charge in [-0.1, -0.05) is 18.2 Å². The van der Waals surface area contributed by atoms with Crippen LogP contribution in [-0.2, 0) is 4.79 Å². The number of carbonyl (C=O) groups excluding carboxylic acids is 2. The SMILES string of the molecule is CC(=O)c1ccc([C@@H]2CCNC(=O)C2)cc1C. The lowest BCUT2D eigenvalue weighted by Gasteiger charge is -2.23. The van der Waals surface area contributed by atoms with Gasteiger partial charge in [0.05, 0.1) is 0 Å². The number of hydrogen-bond acceptors (Lipinski definition) is 2. The molecule has 3 nitrogen and oxygen atoms in total. The van der Waals surface area contributed by atoms with Crippen LogP contribution in [0.2, 0.25) is 0 Å². The summed E-state index contributed by atoms with van der Waals surface area (Å²) in [6, 6.07) is 5.90. The number of carbonyl (C=O) groups is 2. The highest BCUT2D eigenvalue weighted by Gasteiger charge is 2.21. The van der Waals surface area contributed by atoms with Gasteiger partial charge in [0.1, 0.15) is 0 Å². The molecule has 0 aliphatic carbocycles. The predicted molar refractivity (Wildman–Crippen MR) is 66.2 cm³/mol. The lowest BCUT2D eigenvalue weighted by atomic mass is 9.88. The van der Waals surface area contributed by atoms with E-state index in [1.54, 1.807) is 6.92 Å². The fourth-order valence-electron chi connectivity index (χ4n) is 2.40. The van der Waals surface area contributed by atoms with E-state index in [2.05, 4.69) is 5.32 Å². The van der Waals surface area contributed by atoms with Gasteiger partial charge >= 0.3 is 0 Å². The quantitative estimate of drug-likeness (QED) is 0.793. The molecule has 1 N–H and O–H groups in total. The van der Waals surface area contributed by atoms with Crippen LogP contribution in [-0.4, -0.2) is 18.2 Å². The van der Waals surface area contributed by atoms with Gasteiger partial charge in [0.25, 0.3) is 0 Å². The van der Waals surface area contributed by atoms with Crippen molar-refractivity contribution in [2.24, 2.45) is 0 Å². The van der Waals surface area contributed by atoms with E-state index >= 15 is 0 Å². The van der Waals surface area contributed by atoms with Gasteiger partial charge in [0.15, 0.2) is 5.78 Å². The summed E-state index contributed by atoms with van der Waals surface area (Å²) in [6.07, 6.45) is 1.53. The Kier molecular flexibility index (Phi) is 3.27. The predicted octanol–water partition coefficient (Wildman–Crippen LogP) is 2.19. The Labute approximate surface area is 101 Å². The van der Waals surface area contributed by atoms with E-state index in [4.69, 9.17) is 0 Å². The van der Waals surface area contributed by atoms with Crippen molar-refractivity contribution < 1.29 is 9.59 Å². The van der Waals surface area contributed by atoms with Gasteiger partial charge in [-0.15, -0.1) is 0 Å². The maximum absolute atomic E-state index is 11.3. The molecule has 1 aliphatic rings. The molecule has 1 heterocycles. The number of benzene rings is 1. The number of piperidine rings is 1. The molecule has 3 heteroatoms. The average molecular weight is 231 g/mol. The second-order valence-corrected chi connectivity index (χ2v) is 4.67. The third-order valence-corrected chi connectivity index (χ3v) is 3.35. The highest BCUT2D eigenvalue weighted by atomic mass is 16.1. The van der Waals surface area contributed by atoms with Crippen LogP contribution in [0.1, 0.15) is 47.2 Å². The minimum atomic E-state index is 0.0930. The van der Waals surface area contributed by atoms with Gasteiger partial charge in [0.2, 0.25) is 5.91 Å². The summed E-state index contributed by atoms with van der Waals surface area (Å²) >= 11 is 0. The summed E-state index contributed by atoms with van der Waals surface area (Å²) in [5.74, 6) is 0.508. The first-order valence-electron chi connectivity index (χ1n) is 5.96. The van der Waals surface area contributed by atoms with Crippen LogP contribution in [0.4, 0.5) is 0 Å². The van der Waals surface area contributed by atoms with E-state index in [1.807, 2.05) is 25.1 Å². The summed E-state index contributed by atoms with van der Waals surface area (Å²) in [4.78, 5) is 22.7. The minimum absolute atomic E-state index is 0.0930. The van der Waals surface area contributed by atoms with Crippen LogP contribution in [0.3, 0.4) is 0 Å². The number of amides is 1. The molecule has 1 aromatic carbocycles. The lowest BCUT2D eigenvalue weighted by Crippen LogP contribution is -2.32. The van der Waals surface area contributed by atoms with Crippen molar-refractivity contribution in [3.05, 3.63) is 34.9 Å². The first-order chi connectivity index (χ1) is 8.08. The maximum atomic E-state index is 11.3. The summed E-state index contributed by atoms with van der Waals surface area (Å²) in [7, 11) is 0. The fourth-order valence-corrected chi connectivity index (χ4v) is 2.40. The largest absolute Gasteiger partial charge is 0.356 e. The topological polar surface area (TPSA) is 46.2 Å². The molecule has 90 valence electrons. The van der Waals surface area contributed by atoms with Gasteiger partial charge in [-0.05, 0) is 37.3 Å². The second-order valence-electron chi connectivity index (χ2n) is 4.67. The Morgan fingerprint density at radius 2 is 2.18 bits per heavy atom. The van der Waals surface area contributed by atoms with Crippen LogP contribution < -0.4 is 5.32 Å². The smallest absolute Gasteiger partial charge is 0.220 e. The van der Waals surface area contributed by atoms with Gasteiger partial charge in [-0.25, -0.2) is 0 Å². The average Bonchev–Trinajstić information content (AvgIpc) is 2.28. The zero-order valence-electron chi connectivity index (χ0n) is 10.2. The molecule has 1 saturated heterocycles. The lowest BCUT2D eigenvalue weighted by molar-refractivity contribution is -0.122. The highest BCUT2D eigenvalue weighted by Crippen LogP contribution is 2.27. The maximum Gasteiger partial charge on any atom is 0.220 e. The fraction of sp³-hybridized carbons (Fsp3) is 0.429. The van der Waals surface area contributed by atoms with Gasteiger partial charge in [-0.3, -0.25) is 9.59 Å². The standard InChI is InChI=1S/C14H17NO2/c1-9-7-11(3-4-13(9)10(2)16)12-5-6-15-14(17)8-12/h3-4,7,12H,5-6,8H2,1-2H3,(H,15,17)/t12-/m1/s1. The number of aryl methyl sites for hydroxylation is 1. The zero-order chi connectivity index (χ0) is 12.4. The number of hydrogen-bond donors (Lipinski definition) is 1. The molecule has 0 bridgehead atoms. The van der Waals surface area contributed by atoms with Crippen molar-refractivity contribution in [1.29, 1.82) is 0 Å². The Morgan fingerprint density at radius 1 is 1.41 bits per heavy atom. The molecule has 0 unspecified atom stereocenters. The van der Waals surface area contributed by atoms with Crippen LogP contribution in [0.15, 0.2) is 18.2 Å².